The molecular formula is C25H23N3O3. The van der Waals surface area contributed by atoms with E-state index in [2.05, 4.69) is 10.1 Å². The van der Waals surface area contributed by atoms with Crippen molar-refractivity contribution in [1.82, 2.24) is 14.8 Å². The van der Waals surface area contributed by atoms with Crippen LogP contribution in [0.5, 0.6) is 11.5 Å². The van der Waals surface area contributed by atoms with Crippen molar-refractivity contribution in [2.75, 3.05) is 7.11 Å². The molecule has 0 bridgehead atoms. The van der Waals surface area contributed by atoms with E-state index in [-0.39, 0.29) is 12.2 Å². The van der Waals surface area contributed by atoms with E-state index in [1.165, 1.54) is 0 Å². The van der Waals surface area contributed by atoms with Gasteiger partial charge in [0.1, 0.15) is 18.1 Å². The Bertz CT molecular complexity index is 1190. The van der Waals surface area contributed by atoms with Crippen LogP contribution < -0.4 is 9.47 Å². The molecule has 2 heterocycles. The molecule has 31 heavy (non-hydrogen) atoms. The molecule has 0 saturated carbocycles. The first kappa shape index (κ1) is 20.3. The number of rotatable bonds is 8. The molecular weight excluding hydrogens is 390 g/mol. The molecule has 6 nitrogen and oxygen atoms in total. The average molecular weight is 413 g/mol. The standard InChI is InChI=1S/C25H23N3O3/c1-28-16-21(15-27-28)19-9-10-25(31-17-20-7-3-4-8-24(20)30-2)22(13-19)23(29)12-18-6-5-11-26-14-18/h3-11,13-16H,12,17H2,1-2H3. The van der Waals surface area contributed by atoms with Gasteiger partial charge in [-0.25, -0.2) is 0 Å². The van der Waals surface area contributed by atoms with E-state index >= 15 is 0 Å². The molecule has 0 saturated heterocycles. The minimum atomic E-state index is -0.0335. The fourth-order valence-electron chi connectivity index (χ4n) is 3.38. The number of nitrogens with zero attached hydrogens (tertiary/aromatic N) is 3. The van der Waals surface area contributed by atoms with Gasteiger partial charge in [0.25, 0.3) is 0 Å². The van der Waals surface area contributed by atoms with Gasteiger partial charge in [-0.3, -0.25) is 14.5 Å². The molecule has 0 unspecified atom stereocenters. The highest BCUT2D eigenvalue weighted by Crippen LogP contribution is 2.29. The van der Waals surface area contributed by atoms with Crippen LogP contribution in [0.15, 0.2) is 79.4 Å². The first-order chi connectivity index (χ1) is 15.1. The monoisotopic (exact) mass is 413 g/mol. The average Bonchev–Trinajstić information content (AvgIpc) is 3.24. The molecule has 0 aliphatic carbocycles. The Morgan fingerprint density at radius 2 is 1.87 bits per heavy atom. The molecule has 0 aliphatic heterocycles. The third-order valence-corrected chi connectivity index (χ3v) is 4.98. The van der Waals surface area contributed by atoms with Gasteiger partial charge in [-0.15, -0.1) is 0 Å². The maximum atomic E-state index is 13.2. The highest BCUT2D eigenvalue weighted by Gasteiger charge is 2.16. The Kier molecular flexibility index (Phi) is 6.08. The number of hydrogen-bond donors (Lipinski definition) is 0. The van der Waals surface area contributed by atoms with Gasteiger partial charge in [0.2, 0.25) is 0 Å². The van der Waals surface area contributed by atoms with Crippen molar-refractivity contribution in [2.24, 2.45) is 7.05 Å². The highest BCUT2D eigenvalue weighted by atomic mass is 16.5. The number of Topliss-reactive ketones (excluding diaryl/α,β-unsaturated/α-hetero) is 1. The molecule has 0 fully saturated rings. The molecule has 6 heteroatoms. The van der Waals surface area contributed by atoms with Crippen molar-refractivity contribution in [3.8, 4) is 22.6 Å². The van der Waals surface area contributed by atoms with Crippen molar-refractivity contribution in [1.29, 1.82) is 0 Å². The van der Waals surface area contributed by atoms with Gasteiger partial charge in [0.15, 0.2) is 5.78 Å². The molecule has 4 aromatic rings. The maximum Gasteiger partial charge on any atom is 0.171 e. The summed E-state index contributed by atoms with van der Waals surface area (Å²) in [6, 6.07) is 17.0. The normalized spacial score (nSPS) is 10.6. The quantitative estimate of drug-likeness (QED) is 0.398. The SMILES string of the molecule is COc1ccccc1COc1ccc(-c2cnn(C)c2)cc1C(=O)Cc1cccnc1. The lowest BCUT2D eigenvalue weighted by Gasteiger charge is -2.14. The van der Waals surface area contributed by atoms with E-state index in [4.69, 9.17) is 9.47 Å². The number of carbonyl (C=O) groups excluding carboxylic acids is 1. The predicted molar refractivity (Wildman–Crippen MR) is 118 cm³/mol. The molecule has 0 N–H and O–H groups in total. The summed E-state index contributed by atoms with van der Waals surface area (Å²) in [6.45, 7) is 0.295. The van der Waals surface area contributed by atoms with E-state index in [1.54, 1.807) is 30.4 Å². The van der Waals surface area contributed by atoms with E-state index < -0.39 is 0 Å². The number of hydrogen-bond acceptors (Lipinski definition) is 5. The minimum absolute atomic E-state index is 0.0335. The second-order valence-corrected chi connectivity index (χ2v) is 7.18. The van der Waals surface area contributed by atoms with Gasteiger partial charge in [-0.05, 0) is 35.4 Å². The summed E-state index contributed by atoms with van der Waals surface area (Å²) in [7, 11) is 3.49. The van der Waals surface area contributed by atoms with Crippen molar-refractivity contribution in [2.45, 2.75) is 13.0 Å². The number of para-hydroxylation sites is 1. The zero-order valence-electron chi connectivity index (χ0n) is 17.5. The molecule has 2 aromatic carbocycles. The smallest absolute Gasteiger partial charge is 0.171 e. The van der Waals surface area contributed by atoms with E-state index in [1.807, 2.05) is 67.8 Å². The van der Waals surface area contributed by atoms with Gasteiger partial charge >= 0.3 is 0 Å². The summed E-state index contributed by atoms with van der Waals surface area (Å²) in [5.41, 5.74) is 4.14. The number of aromatic nitrogens is 3. The lowest BCUT2D eigenvalue weighted by molar-refractivity contribution is 0.0988. The minimum Gasteiger partial charge on any atom is -0.496 e. The molecule has 4 rings (SSSR count). The third kappa shape index (κ3) is 4.80. The van der Waals surface area contributed by atoms with Crippen LogP contribution >= 0.6 is 0 Å². The summed E-state index contributed by atoms with van der Waals surface area (Å²) < 4.78 is 13.2. The van der Waals surface area contributed by atoms with E-state index in [9.17, 15) is 4.79 Å². The van der Waals surface area contributed by atoms with Gasteiger partial charge in [-0.2, -0.15) is 5.10 Å². The van der Waals surface area contributed by atoms with Crippen LogP contribution in [0, 0.1) is 0 Å². The Balaban J connectivity index is 1.65. The van der Waals surface area contributed by atoms with E-state index in [0.717, 1.165) is 28.0 Å². The van der Waals surface area contributed by atoms with Crippen LogP contribution in [0.1, 0.15) is 21.5 Å². The molecule has 0 aliphatic rings. The highest BCUT2D eigenvalue weighted by molar-refractivity contribution is 6.01. The van der Waals surface area contributed by atoms with Crippen molar-refractivity contribution < 1.29 is 14.3 Å². The summed E-state index contributed by atoms with van der Waals surface area (Å²) in [5, 5.41) is 4.23. The molecule has 0 amide bonds. The molecule has 0 atom stereocenters. The lowest BCUT2D eigenvalue weighted by atomic mass is 9.99. The first-order valence-electron chi connectivity index (χ1n) is 9.94. The second kappa shape index (κ2) is 9.26. The van der Waals surface area contributed by atoms with E-state index in [0.29, 0.717) is 17.9 Å². The van der Waals surface area contributed by atoms with Crippen molar-refractivity contribution >= 4 is 5.78 Å². The van der Waals surface area contributed by atoms with Gasteiger partial charge in [0.05, 0.1) is 18.9 Å². The molecule has 2 aromatic heterocycles. The van der Waals surface area contributed by atoms with Crippen LogP contribution in [0.4, 0.5) is 0 Å². The number of aryl methyl sites for hydroxylation is 1. The van der Waals surface area contributed by atoms with Crippen molar-refractivity contribution in [3.05, 3.63) is 96.1 Å². The number of ketones is 1. The van der Waals surface area contributed by atoms with Crippen LogP contribution in [0.25, 0.3) is 11.1 Å². The summed E-state index contributed by atoms with van der Waals surface area (Å²) in [5.74, 6) is 1.25. The summed E-state index contributed by atoms with van der Waals surface area (Å²) in [6.07, 6.45) is 7.34. The number of carbonyl (C=O) groups is 1. The Morgan fingerprint density at radius 3 is 2.61 bits per heavy atom. The van der Waals surface area contributed by atoms with Gasteiger partial charge in [-0.1, -0.05) is 30.3 Å². The number of benzene rings is 2. The second-order valence-electron chi connectivity index (χ2n) is 7.18. The van der Waals surface area contributed by atoms with Crippen LogP contribution in [0.2, 0.25) is 0 Å². The largest absolute Gasteiger partial charge is 0.496 e. The fraction of sp³-hybridized carbons (Fsp3) is 0.160. The zero-order chi connectivity index (χ0) is 21.6. The molecule has 0 radical (unpaired) electrons. The maximum absolute atomic E-state index is 13.2. The Hall–Kier alpha value is -3.93. The Labute approximate surface area is 181 Å². The fourth-order valence-corrected chi connectivity index (χ4v) is 3.38. The van der Waals surface area contributed by atoms with Crippen LogP contribution in [-0.2, 0) is 20.1 Å². The summed E-state index contributed by atoms with van der Waals surface area (Å²) >= 11 is 0. The molecule has 156 valence electrons. The number of methoxy groups -OCH3 is 1. The van der Waals surface area contributed by atoms with Gasteiger partial charge in [0, 0.05) is 43.2 Å². The number of pyridine rings is 1. The van der Waals surface area contributed by atoms with Crippen molar-refractivity contribution in [3.63, 3.8) is 0 Å². The zero-order valence-corrected chi connectivity index (χ0v) is 17.5. The molecule has 0 spiro atoms. The topological polar surface area (TPSA) is 66.2 Å². The third-order valence-electron chi connectivity index (χ3n) is 4.98. The number of ether oxygens (including phenoxy) is 2. The van der Waals surface area contributed by atoms with Crippen LogP contribution in [-0.4, -0.2) is 27.7 Å². The summed E-state index contributed by atoms with van der Waals surface area (Å²) in [4.78, 5) is 17.3. The Morgan fingerprint density at radius 1 is 1.00 bits per heavy atom. The predicted octanol–water partition coefficient (Wildman–Crippen LogP) is 4.50. The van der Waals surface area contributed by atoms with Gasteiger partial charge < -0.3 is 9.47 Å². The van der Waals surface area contributed by atoms with Crippen LogP contribution in [0.3, 0.4) is 0 Å². The first-order valence-corrected chi connectivity index (χ1v) is 9.94. The lowest BCUT2D eigenvalue weighted by Crippen LogP contribution is -2.08.